The molecular weight excluding hydrogens is 286 g/mol. The van der Waals surface area contributed by atoms with E-state index < -0.39 is 10.0 Å². The van der Waals surface area contributed by atoms with Crippen LogP contribution in [0.2, 0.25) is 0 Å². The normalized spacial score (nSPS) is 20.7. The lowest BCUT2D eigenvalue weighted by atomic mass is 9.80. The van der Waals surface area contributed by atoms with Gasteiger partial charge in [-0.3, -0.25) is 4.79 Å². The van der Waals surface area contributed by atoms with E-state index in [4.69, 9.17) is 0 Å². The molecule has 0 bridgehead atoms. The van der Waals surface area contributed by atoms with Crippen molar-refractivity contribution >= 4 is 15.8 Å². The van der Waals surface area contributed by atoms with Gasteiger partial charge in [0.2, 0.25) is 10.0 Å². The van der Waals surface area contributed by atoms with E-state index >= 15 is 0 Å². The van der Waals surface area contributed by atoms with Crippen LogP contribution in [0.1, 0.15) is 44.5 Å². The monoisotopic (exact) mass is 309 g/mol. The lowest BCUT2D eigenvalue weighted by molar-refractivity contribution is 0.101. The molecule has 1 fully saturated rings. The number of carbonyl (C=O) groups excluding carboxylic acids is 1. The van der Waals surface area contributed by atoms with E-state index in [9.17, 15) is 13.2 Å². The smallest absolute Gasteiger partial charge is 0.243 e. The van der Waals surface area contributed by atoms with Crippen molar-refractivity contribution in [1.82, 2.24) is 4.31 Å². The van der Waals surface area contributed by atoms with Crippen LogP contribution in [0.3, 0.4) is 0 Å². The Bertz CT molecular complexity index is 644. The number of carbonyl (C=O) groups is 1. The van der Waals surface area contributed by atoms with Gasteiger partial charge in [-0.05, 0) is 36.8 Å². The molecule has 0 aliphatic carbocycles. The van der Waals surface area contributed by atoms with E-state index in [1.165, 1.54) is 13.0 Å². The molecule has 1 atom stereocenters. The van der Waals surface area contributed by atoms with Crippen LogP contribution >= 0.6 is 0 Å². The van der Waals surface area contributed by atoms with Gasteiger partial charge in [0, 0.05) is 18.7 Å². The molecule has 0 saturated carbocycles. The van der Waals surface area contributed by atoms with E-state index in [0.29, 0.717) is 24.6 Å². The first-order valence-electron chi connectivity index (χ1n) is 7.23. The Morgan fingerprint density at radius 2 is 1.95 bits per heavy atom. The van der Waals surface area contributed by atoms with E-state index in [0.717, 1.165) is 6.42 Å². The summed E-state index contributed by atoms with van der Waals surface area (Å²) in [4.78, 5) is 11.6. The van der Waals surface area contributed by atoms with Crippen LogP contribution in [0, 0.1) is 11.3 Å². The standard InChI is InChI=1S/C16H23NO3S/c1-12(18)13-6-5-7-15(10-13)21(19,20)17-9-8-14(11-17)16(2,3)4/h5-7,10,14H,8-9,11H2,1-4H3. The van der Waals surface area contributed by atoms with Gasteiger partial charge in [0.1, 0.15) is 0 Å². The third-order valence-electron chi connectivity index (χ3n) is 4.25. The highest BCUT2D eigenvalue weighted by molar-refractivity contribution is 7.89. The highest BCUT2D eigenvalue weighted by Gasteiger charge is 2.37. The van der Waals surface area contributed by atoms with Crippen LogP contribution in [0.15, 0.2) is 29.2 Å². The molecule has 1 aliphatic heterocycles. The second-order valence-electron chi connectivity index (χ2n) is 6.80. The number of sulfonamides is 1. The lowest BCUT2D eigenvalue weighted by Crippen LogP contribution is -2.31. The molecule has 0 aromatic heterocycles. The molecule has 4 nitrogen and oxygen atoms in total. The number of hydrogen-bond donors (Lipinski definition) is 0. The Labute approximate surface area is 127 Å². The van der Waals surface area contributed by atoms with Crippen LogP contribution in [0.4, 0.5) is 0 Å². The fourth-order valence-electron chi connectivity index (χ4n) is 2.68. The summed E-state index contributed by atoms with van der Waals surface area (Å²) in [5.41, 5.74) is 0.536. The van der Waals surface area contributed by atoms with Crippen molar-refractivity contribution in [2.75, 3.05) is 13.1 Å². The Morgan fingerprint density at radius 1 is 1.29 bits per heavy atom. The molecule has 2 rings (SSSR count). The molecule has 0 N–H and O–H groups in total. The van der Waals surface area contributed by atoms with E-state index in [1.54, 1.807) is 22.5 Å². The second kappa shape index (κ2) is 5.54. The van der Waals surface area contributed by atoms with Gasteiger partial charge in [-0.15, -0.1) is 0 Å². The maximum atomic E-state index is 12.7. The van der Waals surface area contributed by atoms with Gasteiger partial charge in [0.25, 0.3) is 0 Å². The summed E-state index contributed by atoms with van der Waals surface area (Å²) < 4.78 is 26.9. The molecule has 21 heavy (non-hydrogen) atoms. The summed E-state index contributed by atoms with van der Waals surface area (Å²) in [7, 11) is -3.51. The fourth-order valence-corrected chi connectivity index (χ4v) is 4.22. The number of nitrogens with zero attached hydrogens (tertiary/aromatic N) is 1. The van der Waals surface area contributed by atoms with Gasteiger partial charge in [-0.25, -0.2) is 8.42 Å². The first kappa shape index (κ1) is 16.2. The quantitative estimate of drug-likeness (QED) is 0.807. The van der Waals surface area contributed by atoms with Crippen molar-refractivity contribution < 1.29 is 13.2 Å². The molecular formula is C16H23NO3S. The predicted octanol–water partition coefficient (Wildman–Crippen LogP) is 2.95. The third-order valence-corrected chi connectivity index (χ3v) is 6.12. The van der Waals surface area contributed by atoms with Gasteiger partial charge in [-0.2, -0.15) is 4.31 Å². The maximum Gasteiger partial charge on any atom is 0.243 e. The number of hydrogen-bond acceptors (Lipinski definition) is 3. The minimum Gasteiger partial charge on any atom is -0.295 e. The molecule has 1 aliphatic rings. The van der Waals surface area contributed by atoms with Crippen molar-refractivity contribution in [2.24, 2.45) is 11.3 Å². The van der Waals surface area contributed by atoms with Crippen LogP contribution in [-0.2, 0) is 10.0 Å². The average molecular weight is 309 g/mol. The zero-order valence-electron chi connectivity index (χ0n) is 13.1. The number of ketones is 1. The third kappa shape index (κ3) is 3.35. The summed E-state index contributed by atoms with van der Waals surface area (Å²) in [5, 5.41) is 0. The van der Waals surface area contributed by atoms with Crippen LogP contribution in [-0.4, -0.2) is 31.6 Å². The van der Waals surface area contributed by atoms with Crippen molar-refractivity contribution in [3.63, 3.8) is 0 Å². The molecule has 0 radical (unpaired) electrons. The molecule has 1 heterocycles. The van der Waals surface area contributed by atoms with Gasteiger partial charge in [0.15, 0.2) is 5.78 Å². The average Bonchev–Trinajstić information content (AvgIpc) is 2.89. The highest BCUT2D eigenvalue weighted by Crippen LogP contribution is 2.35. The molecule has 0 spiro atoms. The van der Waals surface area contributed by atoms with Crippen molar-refractivity contribution in [2.45, 2.75) is 39.0 Å². The van der Waals surface area contributed by atoms with Crippen LogP contribution in [0.5, 0.6) is 0 Å². The minimum atomic E-state index is -3.51. The minimum absolute atomic E-state index is 0.103. The Morgan fingerprint density at radius 3 is 2.48 bits per heavy atom. The predicted molar refractivity (Wildman–Crippen MR) is 82.8 cm³/mol. The lowest BCUT2D eigenvalue weighted by Gasteiger charge is -2.26. The van der Waals surface area contributed by atoms with Gasteiger partial charge in [0.05, 0.1) is 4.90 Å². The van der Waals surface area contributed by atoms with E-state index in [2.05, 4.69) is 20.8 Å². The van der Waals surface area contributed by atoms with Crippen molar-refractivity contribution in [3.8, 4) is 0 Å². The first-order chi connectivity index (χ1) is 9.62. The Balaban J connectivity index is 2.28. The largest absolute Gasteiger partial charge is 0.295 e. The SMILES string of the molecule is CC(=O)c1cccc(S(=O)(=O)N2CCC(C(C)(C)C)C2)c1. The summed E-state index contributed by atoms with van der Waals surface area (Å²) >= 11 is 0. The zero-order valence-corrected chi connectivity index (χ0v) is 13.9. The summed E-state index contributed by atoms with van der Waals surface area (Å²) in [6.45, 7) is 8.97. The molecule has 5 heteroatoms. The van der Waals surface area contributed by atoms with Gasteiger partial charge < -0.3 is 0 Å². The van der Waals surface area contributed by atoms with Crippen molar-refractivity contribution in [3.05, 3.63) is 29.8 Å². The Kier molecular flexibility index (Phi) is 4.26. The molecule has 1 aromatic carbocycles. The van der Waals surface area contributed by atoms with Crippen molar-refractivity contribution in [1.29, 1.82) is 0 Å². The number of benzene rings is 1. The van der Waals surface area contributed by atoms with Gasteiger partial charge >= 0.3 is 0 Å². The number of Topliss-reactive ketones (excluding diaryl/α,β-unsaturated/α-hetero) is 1. The zero-order chi connectivity index (χ0) is 15.8. The van der Waals surface area contributed by atoms with Crippen LogP contribution < -0.4 is 0 Å². The van der Waals surface area contributed by atoms with E-state index in [1.807, 2.05) is 0 Å². The molecule has 1 aromatic rings. The molecule has 1 saturated heterocycles. The second-order valence-corrected chi connectivity index (χ2v) is 8.74. The first-order valence-corrected chi connectivity index (χ1v) is 8.67. The molecule has 116 valence electrons. The van der Waals surface area contributed by atoms with Gasteiger partial charge in [-0.1, -0.05) is 32.9 Å². The molecule has 0 amide bonds. The van der Waals surface area contributed by atoms with Crippen LogP contribution in [0.25, 0.3) is 0 Å². The van der Waals surface area contributed by atoms with E-state index in [-0.39, 0.29) is 16.1 Å². The summed E-state index contributed by atoms with van der Waals surface area (Å²) in [5.74, 6) is 0.240. The molecule has 1 unspecified atom stereocenters. The topological polar surface area (TPSA) is 54.5 Å². The Hall–Kier alpha value is -1.20. The number of rotatable bonds is 3. The highest BCUT2D eigenvalue weighted by atomic mass is 32.2. The fraction of sp³-hybridized carbons (Fsp3) is 0.562. The summed E-state index contributed by atoms with van der Waals surface area (Å²) in [6.07, 6.45) is 0.884. The maximum absolute atomic E-state index is 12.7. The summed E-state index contributed by atoms with van der Waals surface area (Å²) in [6, 6.07) is 6.30.